The molecule has 0 saturated heterocycles. The van der Waals surface area contributed by atoms with Crippen molar-refractivity contribution in [2.45, 2.75) is 32.9 Å². The molecule has 2 aromatic heterocycles. The molecule has 1 unspecified atom stereocenters. The van der Waals surface area contributed by atoms with E-state index < -0.39 is 6.04 Å². The molecular formula is C29H30Cl2N6O3. The molecule has 0 fully saturated rings. The van der Waals surface area contributed by atoms with Gasteiger partial charge in [0.2, 0.25) is 11.8 Å². The van der Waals surface area contributed by atoms with Gasteiger partial charge in [-0.2, -0.15) is 4.98 Å². The molecule has 1 aliphatic heterocycles. The Balaban J connectivity index is 1.74. The number of carbonyl (C=O) groups excluding carboxylic acids is 1. The van der Waals surface area contributed by atoms with E-state index >= 15 is 0 Å². The first kappa shape index (κ1) is 27.9. The van der Waals surface area contributed by atoms with Crippen LogP contribution in [0.25, 0.3) is 11.4 Å². The Morgan fingerprint density at radius 3 is 2.45 bits per heavy atom. The number of aryl methyl sites for hydroxylation is 1. The summed E-state index contributed by atoms with van der Waals surface area (Å²) in [7, 11) is 3.32. The first-order valence-corrected chi connectivity index (χ1v) is 13.6. The number of methoxy groups -OCH3 is 1. The van der Waals surface area contributed by atoms with Crippen LogP contribution in [0.5, 0.6) is 5.88 Å². The summed E-state index contributed by atoms with van der Waals surface area (Å²) < 4.78 is 7.70. The highest BCUT2D eigenvalue weighted by atomic mass is 35.5. The molecule has 4 aromatic rings. The second-order valence-corrected chi connectivity index (χ2v) is 10.8. The van der Waals surface area contributed by atoms with Gasteiger partial charge in [0.25, 0.3) is 5.91 Å². The number of rotatable bonds is 8. The Labute approximate surface area is 243 Å². The van der Waals surface area contributed by atoms with Crippen LogP contribution in [0.1, 0.15) is 53.2 Å². The van der Waals surface area contributed by atoms with Crippen molar-refractivity contribution in [1.82, 2.24) is 19.5 Å². The molecular weight excluding hydrogens is 551 g/mol. The van der Waals surface area contributed by atoms with E-state index in [4.69, 9.17) is 32.9 Å². The fraction of sp³-hybridized carbons (Fsp3) is 0.310. The number of carbonyl (C=O) groups is 1. The lowest BCUT2D eigenvalue weighted by atomic mass is 10.0. The van der Waals surface area contributed by atoms with Gasteiger partial charge in [0, 0.05) is 41.6 Å². The predicted molar refractivity (Wildman–Crippen MR) is 157 cm³/mol. The molecule has 2 aromatic carbocycles. The molecule has 0 saturated carbocycles. The molecule has 3 heterocycles. The van der Waals surface area contributed by atoms with E-state index in [0.29, 0.717) is 51.2 Å². The zero-order valence-electron chi connectivity index (χ0n) is 22.9. The Morgan fingerprint density at radius 2 is 1.80 bits per heavy atom. The number of nitrogens with zero attached hydrogens (tertiary/aromatic N) is 6. The highest BCUT2D eigenvalue weighted by Crippen LogP contribution is 2.46. The molecule has 1 aliphatic rings. The molecule has 40 heavy (non-hydrogen) atoms. The van der Waals surface area contributed by atoms with Crippen LogP contribution < -0.4 is 14.5 Å². The topological polar surface area (TPSA) is 96.6 Å². The molecule has 208 valence electrons. The van der Waals surface area contributed by atoms with E-state index in [0.717, 1.165) is 16.8 Å². The zero-order chi connectivity index (χ0) is 28.7. The van der Waals surface area contributed by atoms with Gasteiger partial charge in [0.15, 0.2) is 5.69 Å². The number of fused-ring (bicyclic) bond motifs is 1. The Bertz CT molecular complexity index is 1570. The van der Waals surface area contributed by atoms with Gasteiger partial charge in [-0.15, -0.1) is 0 Å². The molecule has 0 aliphatic carbocycles. The normalized spacial score (nSPS) is 14.7. The number of amides is 1. The number of anilines is 2. The average Bonchev–Trinajstić information content (AvgIpc) is 3.45. The third kappa shape index (κ3) is 4.78. The Hall–Kier alpha value is -3.66. The maximum atomic E-state index is 14.2. The van der Waals surface area contributed by atoms with Crippen LogP contribution in [0.3, 0.4) is 0 Å². The van der Waals surface area contributed by atoms with E-state index in [9.17, 15) is 9.90 Å². The lowest BCUT2D eigenvalue weighted by Gasteiger charge is -2.29. The standard InChI is InChI=1S/C29H30Cl2N6O3/c1-16(2)36-25-23(33-26(36)21-15-32-29(34-27(21)40-5)35(4)12-13-38)28(39)37(22-14-20(31)9-6-17(22)3)24(25)18-7-10-19(30)11-8-18/h6-11,14-16,24,38H,12-13H2,1-5H3. The molecule has 5 rings (SSSR count). The van der Waals surface area contributed by atoms with Gasteiger partial charge in [-0.25, -0.2) is 9.97 Å². The molecule has 1 N–H and O–H groups in total. The molecule has 0 spiro atoms. The van der Waals surface area contributed by atoms with E-state index in [1.54, 1.807) is 23.0 Å². The Morgan fingerprint density at radius 1 is 1.10 bits per heavy atom. The fourth-order valence-electron chi connectivity index (χ4n) is 5.07. The maximum Gasteiger partial charge on any atom is 0.279 e. The summed E-state index contributed by atoms with van der Waals surface area (Å²) in [4.78, 5) is 31.6. The lowest BCUT2D eigenvalue weighted by molar-refractivity contribution is 0.0989. The SMILES string of the molecule is COc1nc(N(C)CCO)ncc1-c1nc2c(n1C(C)C)C(c1ccc(Cl)cc1)N(c1cc(Cl)ccc1C)C2=O. The molecule has 1 amide bonds. The highest BCUT2D eigenvalue weighted by molar-refractivity contribution is 6.31. The van der Waals surface area contributed by atoms with E-state index in [1.165, 1.54) is 7.11 Å². The molecule has 9 nitrogen and oxygen atoms in total. The molecule has 11 heteroatoms. The van der Waals surface area contributed by atoms with Gasteiger partial charge in [0.05, 0.1) is 25.0 Å². The van der Waals surface area contributed by atoms with Crippen molar-refractivity contribution in [2.75, 3.05) is 37.1 Å². The van der Waals surface area contributed by atoms with Crippen molar-refractivity contribution >= 4 is 40.7 Å². The number of aromatic nitrogens is 4. The number of imidazole rings is 1. The Kier molecular flexibility index (Phi) is 7.72. The second-order valence-electron chi connectivity index (χ2n) is 9.93. The van der Waals surface area contributed by atoms with Gasteiger partial charge in [-0.05, 0) is 56.2 Å². The van der Waals surface area contributed by atoms with Gasteiger partial charge in [-0.1, -0.05) is 41.4 Å². The summed E-state index contributed by atoms with van der Waals surface area (Å²) in [5.74, 6) is 1.02. The van der Waals surface area contributed by atoms with Crippen LogP contribution in [0.4, 0.5) is 11.6 Å². The number of likely N-dealkylation sites (N-methyl/N-ethyl adjacent to an activating group) is 1. The smallest absolute Gasteiger partial charge is 0.279 e. The summed E-state index contributed by atoms with van der Waals surface area (Å²) in [6.45, 7) is 6.37. The van der Waals surface area contributed by atoms with Crippen LogP contribution in [0.2, 0.25) is 10.0 Å². The van der Waals surface area contributed by atoms with Crippen molar-refractivity contribution in [1.29, 1.82) is 0 Å². The van der Waals surface area contributed by atoms with E-state index in [1.807, 2.05) is 67.8 Å². The zero-order valence-corrected chi connectivity index (χ0v) is 24.4. The van der Waals surface area contributed by atoms with Crippen molar-refractivity contribution in [2.24, 2.45) is 0 Å². The number of aliphatic hydroxyl groups is 1. The quantitative estimate of drug-likeness (QED) is 0.284. The first-order chi connectivity index (χ1) is 19.2. The maximum absolute atomic E-state index is 14.2. The summed E-state index contributed by atoms with van der Waals surface area (Å²) in [6.07, 6.45) is 1.64. The van der Waals surface area contributed by atoms with Crippen molar-refractivity contribution in [3.05, 3.63) is 81.2 Å². The van der Waals surface area contributed by atoms with Crippen molar-refractivity contribution in [3.8, 4) is 17.3 Å². The summed E-state index contributed by atoms with van der Waals surface area (Å²) in [5, 5.41) is 10.5. The summed E-state index contributed by atoms with van der Waals surface area (Å²) >= 11 is 12.6. The van der Waals surface area contributed by atoms with Gasteiger partial charge >= 0.3 is 0 Å². The van der Waals surface area contributed by atoms with E-state index in [2.05, 4.69) is 9.97 Å². The second kappa shape index (κ2) is 11.1. The number of halogens is 2. The third-order valence-corrected chi connectivity index (χ3v) is 7.46. The monoisotopic (exact) mass is 580 g/mol. The first-order valence-electron chi connectivity index (χ1n) is 12.9. The van der Waals surface area contributed by atoms with Gasteiger partial charge in [-0.3, -0.25) is 9.69 Å². The number of ether oxygens (including phenoxy) is 1. The summed E-state index contributed by atoms with van der Waals surface area (Å²) in [6, 6.07) is 12.4. The lowest BCUT2D eigenvalue weighted by Crippen LogP contribution is -2.31. The molecule has 0 radical (unpaired) electrons. The fourth-order valence-corrected chi connectivity index (χ4v) is 5.37. The highest BCUT2D eigenvalue weighted by Gasteiger charge is 2.45. The van der Waals surface area contributed by atoms with Crippen LogP contribution in [0, 0.1) is 6.92 Å². The minimum Gasteiger partial charge on any atom is -0.480 e. The summed E-state index contributed by atoms with van der Waals surface area (Å²) in [5.41, 5.74) is 4.15. The van der Waals surface area contributed by atoms with Crippen LogP contribution in [-0.4, -0.2) is 57.8 Å². The number of hydrogen-bond donors (Lipinski definition) is 1. The third-order valence-electron chi connectivity index (χ3n) is 6.97. The molecule has 1 atom stereocenters. The average molecular weight is 582 g/mol. The van der Waals surface area contributed by atoms with Crippen LogP contribution in [-0.2, 0) is 0 Å². The van der Waals surface area contributed by atoms with Crippen molar-refractivity contribution in [3.63, 3.8) is 0 Å². The van der Waals surface area contributed by atoms with Gasteiger partial charge < -0.3 is 19.3 Å². The minimum atomic E-state index is -0.484. The van der Waals surface area contributed by atoms with Crippen molar-refractivity contribution < 1.29 is 14.6 Å². The van der Waals surface area contributed by atoms with Gasteiger partial charge in [0.1, 0.15) is 11.9 Å². The predicted octanol–water partition coefficient (Wildman–Crippen LogP) is 5.72. The minimum absolute atomic E-state index is 0.0365. The van der Waals surface area contributed by atoms with Crippen LogP contribution >= 0.6 is 23.2 Å². The van der Waals surface area contributed by atoms with E-state index in [-0.39, 0.29) is 18.6 Å². The number of hydrogen-bond acceptors (Lipinski definition) is 7. The largest absolute Gasteiger partial charge is 0.480 e. The molecule has 0 bridgehead atoms. The van der Waals surface area contributed by atoms with Crippen LogP contribution in [0.15, 0.2) is 48.7 Å². The number of benzene rings is 2. The number of aliphatic hydroxyl groups excluding tert-OH is 1.